The molecule has 8 heteroatoms. The van der Waals surface area contributed by atoms with Crippen molar-refractivity contribution >= 4 is 15.4 Å². The first kappa shape index (κ1) is 12.5. The van der Waals surface area contributed by atoms with Crippen molar-refractivity contribution in [2.75, 3.05) is 27.0 Å². The molecule has 16 heavy (non-hydrogen) atoms. The van der Waals surface area contributed by atoms with E-state index in [9.17, 15) is 9.46 Å². The molecule has 2 heterocycles. The Balaban J connectivity index is 2.19. The van der Waals surface area contributed by atoms with Crippen LogP contribution in [0.3, 0.4) is 0 Å². The maximum Gasteiger partial charge on any atom is 0.143 e. The molecule has 0 aromatic heterocycles. The molecular weight excluding hydrogens is 234 g/mol. The fourth-order valence-electron chi connectivity index (χ4n) is 2.18. The average Bonchev–Trinajstić information content (AvgIpc) is 2.54. The van der Waals surface area contributed by atoms with Gasteiger partial charge in [0.05, 0.1) is 13.2 Å². The van der Waals surface area contributed by atoms with Crippen LogP contribution in [0.5, 0.6) is 0 Å². The van der Waals surface area contributed by atoms with E-state index in [1.807, 2.05) is 0 Å². The summed E-state index contributed by atoms with van der Waals surface area (Å²) in [6.45, 7) is 1.42. The number of rotatable bonds is 4. The molecule has 0 saturated carbocycles. The highest BCUT2D eigenvalue weighted by Gasteiger charge is 2.61. The van der Waals surface area contributed by atoms with Crippen molar-refractivity contribution in [3.05, 3.63) is 0 Å². The van der Waals surface area contributed by atoms with Gasteiger partial charge in [-0.2, -0.15) is 0 Å². The summed E-state index contributed by atoms with van der Waals surface area (Å²) in [5.41, 5.74) is -0.908. The molecule has 6 nitrogen and oxygen atoms in total. The molecule has 90 valence electrons. The van der Waals surface area contributed by atoms with Crippen molar-refractivity contribution in [2.45, 2.75) is 23.8 Å². The zero-order chi connectivity index (χ0) is 12.0. The van der Waals surface area contributed by atoms with Crippen molar-refractivity contribution in [2.24, 2.45) is 0 Å². The van der Waals surface area contributed by atoms with Crippen LogP contribution >= 0.6 is 7.60 Å². The van der Waals surface area contributed by atoms with E-state index in [4.69, 9.17) is 26.6 Å². The lowest BCUT2D eigenvalue weighted by atomic mass is 9.92. The monoisotopic (exact) mass is 247 g/mol. The molecule has 0 aromatic rings. The van der Waals surface area contributed by atoms with Crippen LogP contribution in [-0.2, 0) is 23.3 Å². The van der Waals surface area contributed by atoms with Crippen LogP contribution in [0.25, 0.3) is 0 Å². The van der Waals surface area contributed by atoms with Gasteiger partial charge in [-0.3, -0.25) is 0 Å². The molecule has 5 atom stereocenters. The maximum atomic E-state index is 11.2. The van der Waals surface area contributed by atoms with Crippen LogP contribution in [0, 0.1) is 0 Å². The smallest absolute Gasteiger partial charge is 0.143 e. The summed E-state index contributed by atoms with van der Waals surface area (Å²) >= 11 is 0. The van der Waals surface area contributed by atoms with E-state index < -0.39 is 31.4 Å². The van der Waals surface area contributed by atoms with Gasteiger partial charge in [0.25, 0.3) is 0 Å². The average molecular weight is 247 g/mol. The fourth-order valence-corrected chi connectivity index (χ4v) is 2.90. The number of ether oxygens (including phenoxy) is 3. The van der Waals surface area contributed by atoms with Gasteiger partial charge in [-0.15, -0.1) is 0 Å². The van der Waals surface area contributed by atoms with Gasteiger partial charge >= 0.3 is 0 Å². The lowest BCUT2D eigenvalue weighted by Crippen LogP contribution is -2.46. The first-order valence-electron chi connectivity index (χ1n) is 4.89. The fraction of sp³-hybridized carbons (Fsp3) is 1.00. The summed E-state index contributed by atoms with van der Waals surface area (Å²) in [4.78, 5) is 11.2. The topological polar surface area (TPSA) is 77.0 Å². The van der Waals surface area contributed by atoms with Gasteiger partial charge in [-0.25, -0.2) is 0 Å². The van der Waals surface area contributed by atoms with Gasteiger partial charge in [0, 0.05) is 19.8 Å². The second-order valence-electron chi connectivity index (χ2n) is 4.15. The Morgan fingerprint density at radius 1 is 1.69 bits per heavy atom. The van der Waals surface area contributed by atoms with Crippen molar-refractivity contribution in [3.63, 3.8) is 0 Å². The van der Waals surface area contributed by atoms with Crippen LogP contribution in [0.1, 0.15) is 0 Å². The summed E-state index contributed by atoms with van der Waals surface area (Å²) in [6.07, 6.45) is -1.28. The van der Waals surface area contributed by atoms with Crippen LogP contribution in [0.15, 0.2) is 0 Å². The highest BCUT2D eigenvalue weighted by Crippen LogP contribution is 2.47. The Morgan fingerprint density at radius 2 is 2.38 bits per heavy atom. The molecule has 0 aliphatic carbocycles. The van der Waals surface area contributed by atoms with Crippen LogP contribution in [-0.4, -0.2) is 58.6 Å². The van der Waals surface area contributed by atoms with E-state index >= 15 is 0 Å². The van der Waals surface area contributed by atoms with E-state index in [1.165, 1.54) is 7.11 Å². The number of methoxy groups -OCH3 is 1. The molecule has 2 aliphatic rings. The second-order valence-corrected chi connectivity index (χ2v) is 5.91. The zero-order valence-corrected chi connectivity index (χ0v) is 10.0. The van der Waals surface area contributed by atoms with Crippen molar-refractivity contribution in [3.8, 4) is 0 Å². The molecule has 0 amide bonds. The minimum Gasteiger partial charge on any atom is -0.779 e. The Kier molecular flexibility index (Phi) is 3.20. The predicted molar refractivity (Wildman–Crippen MR) is 53.4 cm³/mol. The van der Waals surface area contributed by atoms with E-state index in [1.54, 1.807) is 0 Å². The Hall–Kier alpha value is 0.0949. The summed E-state index contributed by atoms with van der Waals surface area (Å²) in [5.74, 6) is 0. The summed E-state index contributed by atoms with van der Waals surface area (Å²) in [7, 11) is 3.30. The number of hydrogen-bond acceptors (Lipinski definition) is 6. The van der Waals surface area contributed by atoms with Gasteiger partial charge in [-0.05, 0) is 0 Å². The third-order valence-corrected chi connectivity index (χ3v) is 3.34. The number of fused-ring (bicyclic) bond motifs is 2. The SMILES string of the molecule is [B][C@@H]1OC2(COC)CO[C@H]1[C@H]2OP(C)(=O)[O-]. The first-order valence-corrected chi connectivity index (χ1v) is 6.88. The van der Waals surface area contributed by atoms with Gasteiger partial charge in [-0.1, -0.05) is 0 Å². The van der Waals surface area contributed by atoms with Gasteiger partial charge in [0.1, 0.15) is 33.3 Å². The normalized spacial score (nSPS) is 45.8. The molecule has 2 bridgehead atoms. The Labute approximate surface area is 95.1 Å². The molecule has 2 aliphatic heterocycles. The van der Waals surface area contributed by atoms with E-state index in [0.29, 0.717) is 0 Å². The van der Waals surface area contributed by atoms with Crippen LogP contribution in [0.4, 0.5) is 0 Å². The first-order chi connectivity index (χ1) is 7.38. The lowest BCUT2D eigenvalue weighted by molar-refractivity contribution is -0.205. The minimum atomic E-state index is -3.86. The largest absolute Gasteiger partial charge is 0.779 e. The van der Waals surface area contributed by atoms with E-state index in [0.717, 1.165) is 6.66 Å². The van der Waals surface area contributed by atoms with E-state index in [2.05, 4.69) is 0 Å². The molecule has 0 N–H and O–H groups in total. The van der Waals surface area contributed by atoms with Gasteiger partial charge < -0.3 is 28.2 Å². The van der Waals surface area contributed by atoms with E-state index in [-0.39, 0.29) is 13.2 Å². The summed E-state index contributed by atoms with van der Waals surface area (Å²) in [5, 5.41) is 0. The number of hydrogen-bond donors (Lipinski definition) is 0. The third kappa shape index (κ3) is 2.08. The molecule has 0 aromatic carbocycles. The molecule has 2 saturated heterocycles. The molecule has 0 spiro atoms. The Bertz CT molecular complexity index is 320. The summed E-state index contributed by atoms with van der Waals surface area (Å²) < 4.78 is 32.0. The molecule has 2 rings (SSSR count). The van der Waals surface area contributed by atoms with Crippen molar-refractivity contribution in [1.82, 2.24) is 0 Å². The standard InChI is InChI=1S/C8H14BO6P/c1-12-3-8-4-13-5(7(9)14-8)6(8)15-16(2,10)11/h5-7H,3-4H2,1-2H3,(H,10,11)/p-1/t5-,6+,7+,8?/m0/s1. The van der Waals surface area contributed by atoms with Gasteiger partial charge in [0.2, 0.25) is 0 Å². The summed E-state index contributed by atoms with van der Waals surface area (Å²) in [6, 6.07) is -0.680. The quantitative estimate of drug-likeness (QED) is 0.461. The molecular formula is C8H13BO6P-. The zero-order valence-electron chi connectivity index (χ0n) is 9.12. The Morgan fingerprint density at radius 3 is 2.88 bits per heavy atom. The van der Waals surface area contributed by atoms with Gasteiger partial charge in [0.15, 0.2) is 0 Å². The second kappa shape index (κ2) is 4.08. The molecule has 2 fully saturated rings. The highest BCUT2D eigenvalue weighted by atomic mass is 31.2. The predicted octanol–water partition coefficient (Wildman–Crippen LogP) is -1.14. The van der Waals surface area contributed by atoms with Crippen molar-refractivity contribution < 1.29 is 28.2 Å². The third-order valence-electron chi connectivity index (χ3n) is 2.73. The maximum absolute atomic E-state index is 11.2. The molecule has 2 radical (unpaired) electrons. The van der Waals surface area contributed by atoms with Crippen molar-refractivity contribution in [1.29, 1.82) is 0 Å². The lowest BCUT2D eigenvalue weighted by Gasteiger charge is -2.32. The highest BCUT2D eigenvalue weighted by molar-refractivity contribution is 7.50. The van der Waals surface area contributed by atoms with Crippen LogP contribution in [0.2, 0.25) is 0 Å². The molecule has 2 unspecified atom stereocenters. The van der Waals surface area contributed by atoms with Crippen LogP contribution < -0.4 is 4.89 Å². The minimum absolute atomic E-state index is 0.182.